The number of halogens is 3. The van der Waals surface area contributed by atoms with Gasteiger partial charge in [0.1, 0.15) is 17.3 Å². The van der Waals surface area contributed by atoms with Gasteiger partial charge in [-0.15, -0.1) is 0 Å². The number of fused-ring (bicyclic) bond motifs is 3. The molecule has 0 bridgehead atoms. The number of nitrogens with zero attached hydrogens (tertiary/aromatic N) is 2. The van der Waals surface area contributed by atoms with Gasteiger partial charge in [-0.05, 0) is 48.9 Å². The van der Waals surface area contributed by atoms with Crippen molar-refractivity contribution in [3.05, 3.63) is 77.4 Å². The molecule has 10 heteroatoms. The van der Waals surface area contributed by atoms with Gasteiger partial charge in [0.25, 0.3) is 5.91 Å². The van der Waals surface area contributed by atoms with Crippen LogP contribution in [0, 0.1) is 0 Å². The van der Waals surface area contributed by atoms with Gasteiger partial charge in [-0.3, -0.25) is 4.79 Å². The lowest BCUT2D eigenvalue weighted by Crippen LogP contribution is -2.13. The minimum Gasteiger partial charge on any atom is -0.497 e. The zero-order valence-corrected chi connectivity index (χ0v) is 18.8. The summed E-state index contributed by atoms with van der Waals surface area (Å²) in [5.74, 6) is 1.21. The largest absolute Gasteiger partial charge is 0.497 e. The fourth-order valence-electron chi connectivity index (χ4n) is 4.21. The topological polar surface area (TPSA) is 78.5 Å². The number of hydrogen-bond acceptors (Lipinski definition) is 5. The Kier molecular flexibility index (Phi) is 5.50. The molecule has 5 rings (SSSR count). The molecule has 2 heterocycles. The number of furan rings is 1. The van der Waals surface area contributed by atoms with Crippen LogP contribution in [0.2, 0.25) is 0 Å². The molecule has 1 aliphatic carbocycles. The SMILES string of the molecule is COc1ccc(NC(=O)c2ccc(-n3nc(C(F)(F)F)c4c3-c3ccoc3CC4)cc2)c(OC)c1. The van der Waals surface area contributed by atoms with E-state index in [1.54, 1.807) is 36.4 Å². The van der Waals surface area contributed by atoms with Crippen LogP contribution in [0.25, 0.3) is 16.9 Å². The molecule has 1 N–H and O–H groups in total. The number of carbonyl (C=O) groups excluding carboxylic acids is 1. The molecular formula is C25H20F3N3O4. The lowest BCUT2D eigenvalue weighted by Gasteiger charge is -2.15. The number of nitrogens with one attached hydrogen (secondary N) is 1. The Morgan fingerprint density at radius 3 is 2.51 bits per heavy atom. The number of amides is 1. The summed E-state index contributed by atoms with van der Waals surface area (Å²) >= 11 is 0. The number of rotatable bonds is 5. The lowest BCUT2D eigenvalue weighted by atomic mass is 9.94. The average molecular weight is 483 g/mol. The number of methoxy groups -OCH3 is 2. The third-order valence-corrected chi connectivity index (χ3v) is 5.89. The molecule has 2 aromatic carbocycles. The third-order valence-electron chi connectivity index (χ3n) is 5.89. The van der Waals surface area contributed by atoms with E-state index in [1.165, 1.54) is 37.3 Å². The van der Waals surface area contributed by atoms with Crippen molar-refractivity contribution in [1.82, 2.24) is 9.78 Å². The molecule has 0 unspecified atom stereocenters. The van der Waals surface area contributed by atoms with Crippen molar-refractivity contribution in [2.24, 2.45) is 0 Å². The molecule has 7 nitrogen and oxygen atoms in total. The molecule has 35 heavy (non-hydrogen) atoms. The molecule has 0 aliphatic heterocycles. The van der Waals surface area contributed by atoms with E-state index in [9.17, 15) is 18.0 Å². The van der Waals surface area contributed by atoms with Crippen LogP contribution in [-0.4, -0.2) is 29.9 Å². The summed E-state index contributed by atoms with van der Waals surface area (Å²) in [5, 5.41) is 6.68. The minimum absolute atomic E-state index is 0.139. The third kappa shape index (κ3) is 4.01. The van der Waals surface area contributed by atoms with Gasteiger partial charge in [-0.1, -0.05) is 0 Å². The van der Waals surface area contributed by atoms with E-state index < -0.39 is 17.8 Å². The number of benzene rings is 2. The molecule has 1 amide bonds. The van der Waals surface area contributed by atoms with Gasteiger partial charge >= 0.3 is 6.18 Å². The van der Waals surface area contributed by atoms with Crippen molar-refractivity contribution in [1.29, 1.82) is 0 Å². The smallest absolute Gasteiger partial charge is 0.435 e. The first kappa shape index (κ1) is 22.6. The Labute approximate surface area is 198 Å². The van der Waals surface area contributed by atoms with Crippen molar-refractivity contribution in [3.8, 4) is 28.4 Å². The number of hydrogen-bond donors (Lipinski definition) is 1. The molecule has 180 valence electrons. The standard InChI is InChI=1S/C25H20F3N3O4/c1-33-16-7-9-19(21(13-16)34-2)29-24(32)14-3-5-15(6-4-14)31-22-17-11-12-35-20(17)10-8-18(22)23(30-31)25(26,27)28/h3-7,9,11-13H,8,10H2,1-2H3,(H,29,32). The van der Waals surface area contributed by atoms with E-state index >= 15 is 0 Å². The highest BCUT2D eigenvalue weighted by molar-refractivity contribution is 6.05. The number of ether oxygens (including phenoxy) is 2. The van der Waals surface area contributed by atoms with E-state index in [0.717, 1.165) is 0 Å². The predicted octanol–water partition coefficient (Wildman–Crippen LogP) is 5.52. The monoisotopic (exact) mass is 483 g/mol. The lowest BCUT2D eigenvalue weighted by molar-refractivity contribution is -0.142. The second-order valence-corrected chi connectivity index (χ2v) is 7.91. The molecule has 0 fully saturated rings. The quantitative estimate of drug-likeness (QED) is 0.405. The van der Waals surface area contributed by atoms with Gasteiger partial charge in [0.2, 0.25) is 0 Å². The van der Waals surface area contributed by atoms with Gasteiger partial charge in [0, 0.05) is 29.2 Å². The predicted molar refractivity (Wildman–Crippen MR) is 121 cm³/mol. The highest BCUT2D eigenvalue weighted by atomic mass is 19.4. The maximum Gasteiger partial charge on any atom is 0.435 e. The van der Waals surface area contributed by atoms with E-state index in [4.69, 9.17) is 13.9 Å². The van der Waals surface area contributed by atoms with Crippen LogP contribution in [-0.2, 0) is 19.0 Å². The zero-order valence-electron chi connectivity index (χ0n) is 18.8. The van der Waals surface area contributed by atoms with Crippen LogP contribution in [0.15, 0.2) is 59.2 Å². The van der Waals surface area contributed by atoms with E-state index in [-0.39, 0.29) is 12.0 Å². The van der Waals surface area contributed by atoms with Crippen molar-refractivity contribution >= 4 is 11.6 Å². The molecule has 4 aromatic rings. The number of aromatic nitrogens is 2. The molecule has 2 aromatic heterocycles. The molecule has 0 spiro atoms. The number of aryl methyl sites for hydroxylation is 1. The van der Waals surface area contributed by atoms with E-state index in [0.29, 0.717) is 51.9 Å². The Morgan fingerprint density at radius 1 is 1.06 bits per heavy atom. The van der Waals surface area contributed by atoms with Crippen LogP contribution < -0.4 is 14.8 Å². The summed E-state index contributed by atoms with van der Waals surface area (Å²) in [6.45, 7) is 0. The van der Waals surface area contributed by atoms with Gasteiger partial charge in [-0.25, -0.2) is 4.68 Å². The maximum absolute atomic E-state index is 13.7. The van der Waals surface area contributed by atoms with Gasteiger partial charge in [0.05, 0.1) is 37.6 Å². The molecule has 0 saturated carbocycles. The summed E-state index contributed by atoms with van der Waals surface area (Å²) in [4.78, 5) is 12.8. The van der Waals surface area contributed by atoms with Crippen LogP contribution in [0.4, 0.5) is 18.9 Å². The normalized spacial score (nSPS) is 12.6. The minimum atomic E-state index is -4.59. The number of anilines is 1. The second-order valence-electron chi connectivity index (χ2n) is 7.91. The van der Waals surface area contributed by atoms with E-state index in [2.05, 4.69) is 10.4 Å². The molecule has 1 aliphatic rings. The van der Waals surface area contributed by atoms with Crippen LogP contribution >= 0.6 is 0 Å². The first-order valence-electron chi connectivity index (χ1n) is 10.7. The molecular weight excluding hydrogens is 463 g/mol. The summed E-state index contributed by atoms with van der Waals surface area (Å²) in [7, 11) is 3.00. The Morgan fingerprint density at radius 2 is 1.83 bits per heavy atom. The summed E-state index contributed by atoms with van der Waals surface area (Å²) in [5.41, 5.74) is 1.32. The zero-order chi connectivity index (χ0) is 24.7. The molecule has 0 radical (unpaired) electrons. The summed E-state index contributed by atoms with van der Waals surface area (Å²) < 4.78 is 58.3. The van der Waals surface area contributed by atoms with Gasteiger partial charge in [-0.2, -0.15) is 18.3 Å². The van der Waals surface area contributed by atoms with Crippen LogP contribution in [0.1, 0.15) is 27.4 Å². The first-order valence-corrected chi connectivity index (χ1v) is 10.7. The van der Waals surface area contributed by atoms with Crippen LogP contribution in [0.3, 0.4) is 0 Å². The van der Waals surface area contributed by atoms with Crippen molar-refractivity contribution < 1.29 is 31.9 Å². The fourth-order valence-corrected chi connectivity index (χ4v) is 4.21. The first-order chi connectivity index (χ1) is 16.8. The highest BCUT2D eigenvalue weighted by Crippen LogP contribution is 2.42. The Bertz CT molecular complexity index is 1400. The van der Waals surface area contributed by atoms with Crippen molar-refractivity contribution in [2.45, 2.75) is 19.0 Å². The number of alkyl halides is 3. The van der Waals surface area contributed by atoms with E-state index in [1.807, 2.05) is 0 Å². The Hall–Kier alpha value is -4.21. The average Bonchev–Trinajstić information content (AvgIpc) is 3.48. The molecule has 0 atom stereocenters. The Balaban J connectivity index is 1.47. The fraction of sp³-hybridized carbons (Fsp3) is 0.200. The van der Waals surface area contributed by atoms with Gasteiger partial charge in [0.15, 0.2) is 5.69 Å². The maximum atomic E-state index is 13.7. The van der Waals surface area contributed by atoms with Crippen molar-refractivity contribution in [3.63, 3.8) is 0 Å². The summed E-state index contributed by atoms with van der Waals surface area (Å²) in [6, 6.07) is 12.8. The summed E-state index contributed by atoms with van der Waals surface area (Å²) in [6.07, 6.45) is -2.58. The highest BCUT2D eigenvalue weighted by Gasteiger charge is 2.41. The molecule has 0 saturated heterocycles. The van der Waals surface area contributed by atoms with Crippen LogP contribution in [0.5, 0.6) is 11.5 Å². The second kappa shape index (κ2) is 8.53. The van der Waals surface area contributed by atoms with Crippen molar-refractivity contribution in [2.75, 3.05) is 19.5 Å². The number of carbonyl (C=O) groups is 1. The van der Waals surface area contributed by atoms with Gasteiger partial charge < -0.3 is 19.2 Å².